The molecule has 0 unspecified atom stereocenters. The Labute approximate surface area is 178 Å². The fraction of sp³-hybridized carbons (Fsp3) is 0.316. The molecule has 1 fully saturated rings. The minimum atomic E-state index is -3.77. The Balaban J connectivity index is 1.55. The fourth-order valence-corrected chi connectivity index (χ4v) is 5.57. The molecule has 0 radical (unpaired) electrons. The Kier molecular flexibility index (Phi) is 5.48. The van der Waals surface area contributed by atoms with Crippen LogP contribution in [-0.4, -0.2) is 40.8 Å². The minimum Gasteiger partial charge on any atom is -0.619 e. The van der Waals surface area contributed by atoms with E-state index in [1.54, 1.807) is 0 Å². The van der Waals surface area contributed by atoms with E-state index in [0.29, 0.717) is 33.5 Å². The van der Waals surface area contributed by atoms with Crippen molar-refractivity contribution in [2.45, 2.75) is 24.2 Å². The van der Waals surface area contributed by atoms with E-state index in [4.69, 9.17) is 11.6 Å². The Morgan fingerprint density at radius 3 is 2.83 bits per heavy atom. The van der Waals surface area contributed by atoms with Gasteiger partial charge in [0.25, 0.3) is 0 Å². The van der Waals surface area contributed by atoms with Crippen LogP contribution in [0.5, 0.6) is 0 Å². The molecule has 1 N–H and O–H groups in total. The van der Waals surface area contributed by atoms with Crippen LogP contribution in [0.2, 0.25) is 5.15 Å². The number of hydrogen-bond acceptors (Lipinski definition) is 5. The van der Waals surface area contributed by atoms with Gasteiger partial charge in [-0.05, 0) is 30.5 Å². The van der Waals surface area contributed by atoms with Crippen LogP contribution in [0.3, 0.4) is 0 Å². The second kappa shape index (κ2) is 7.93. The first-order valence-corrected chi connectivity index (χ1v) is 11.1. The van der Waals surface area contributed by atoms with E-state index in [1.165, 1.54) is 34.8 Å². The summed E-state index contributed by atoms with van der Waals surface area (Å²) in [6, 6.07) is 5.62. The van der Waals surface area contributed by atoms with Crippen LogP contribution < -0.4 is 4.73 Å². The maximum absolute atomic E-state index is 13.1. The van der Waals surface area contributed by atoms with E-state index in [9.17, 15) is 18.0 Å². The molecular weight excluding hydrogens is 433 g/mol. The van der Waals surface area contributed by atoms with Gasteiger partial charge in [0.15, 0.2) is 23.4 Å². The molecule has 4 rings (SSSR count). The number of piperidine rings is 1. The van der Waals surface area contributed by atoms with Crippen molar-refractivity contribution in [2.75, 3.05) is 13.1 Å². The normalized spacial score (nSPS) is 20.4. The van der Waals surface area contributed by atoms with E-state index in [-0.39, 0.29) is 29.8 Å². The number of H-pyrrole nitrogens is 1. The van der Waals surface area contributed by atoms with Crippen LogP contribution in [0, 0.1) is 16.9 Å². The fourth-order valence-electron chi connectivity index (χ4n) is 3.74. The maximum Gasteiger partial charge on any atom is 0.249 e. The number of halogens is 2. The summed E-state index contributed by atoms with van der Waals surface area (Å²) in [5, 5.41) is 11.8. The molecule has 8 nitrogen and oxygen atoms in total. The Hall–Kier alpha value is -2.56. The van der Waals surface area contributed by atoms with Crippen LogP contribution in [-0.2, 0) is 10.0 Å². The summed E-state index contributed by atoms with van der Waals surface area (Å²) in [6.45, 7) is 2.50. The van der Waals surface area contributed by atoms with Gasteiger partial charge in [0.05, 0.1) is 11.9 Å². The summed E-state index contributed by atoms with van der Waals surface area (Å²) in [7, 11) is -3.77. The molecule has 11 heteroatoms. The zero-order valence-corrected chi connectivity index (χ0v) is 17.6. The lowest BCUT2D eigenvalue weighted by atomic mass is 9.86. The van der Waals surface area contributed by atoms with Crippen LogP contribution in [0.4, 0.5) is 4.39 Å². The van der Waals surface area contributed by atoms with E-state index >= 15 is 0 Å². The molecule has 0 bridgehead atoms. The van der Waals surface area contributed by atoms with Gasteiger partial charge in [0.2, 0.25) is 10.0 Å². The van der Waals surface area contributed by atoms with Gasteiger partial charge >= 0.3 is 0 Å². The minimum absolute atomic E-state index is 0.0325. The summed E-state index contributed by atoms with van der Waals surface area (Å²) in [5.74, 6) is -0.101. The summed E-state index contributed by atoms with van der Waals surface area (Å²) in [6.07, 6.45) is 3.93. The van der Waals surface area contributed by atoms with Crippen molar-refractivity contribution >= 4 is 21.6 Å². The number of imidazole rings is 1. The molecule has 1 aliphatic heterocycles. The van der Waals surface area contributed by atoms with Crippen molar-refractivity contribution in [1.82, 2.24) is 19.3 Å². The van der Waals surface area contributed by atoms with E-state index in [0.717, 1.165) is 12.4 Å². The van der Waals surface area contributed by atoms with Crippen molar-refractivity contribution < 1.29 is 17.5 Å². The Bertz CT molecular complexity index is 1170. The van der Waals surface area contributed by atoms with Gasteiger partial charge in [0, 0.05) is 25.1 Å². The van der Waals surface area contributed by atoms with Crippen molar-refractivity contribution in [3.8, 4) is 11.5 Å². The SMILES string of the molecule is C[C@H]1CN(S(=O)(=O)c2ccc[n+]([O-])c2)CC[C@H]1c1[nH]c(-c2ccc(F)cn2)nc1Cl. The highest BCUT2D eigenvalue weighted by molar-refractivity contribution is 7.89. The summed E-state index contributed by atoms with van der Waals surface area (Å²) in [5.41, 5.74) is 1.17. The summed E-state index contributed by atoms with van der Waals surface area (Å²) in [4.78, 5) is 11.4. The number of nitrogens with one attached hydrogen (secondary N) is 1. The number of nitrogens with zero attached hydrogens (tertiary/aromatic N) is 4. The van der Waals surface area contributed by atoms with Gasteiger partial charge in [-0.2, -0.15) is 9.04 Å². The lowest BCUT2D eigenvalue weighted by Crippen LogP contribution is -2.42. The topological polar surface area (TPSA) is 106 Å². The van der Waals surface area contributed by atoms with E-state index in [1.807, 2.05) is 6.92 Å². The largest absolute Gasteiger partial charge is 0.619 e. The molecule has 3 aromatic heterocycles. The molecule has 0 aliphatic carbocycles. The number of rotatable bonds is 4. The number of pyridine rings is 2. The molecule has 0 spiro atoms. The smallest absolute Gasteiger partial charge is 0.249 e. The lowest BCUT2D eigenvalue weighted by molar-refractivity contribution is -0.607. The zero-order chi connectivity index (χ0) is 21.5. The van der Waals surface area contributed by atoms with Crippen molar-refractivity contribution in [1.29, 1.82) is 0 Å². The monoisotopic (exact) mass is 451 g/mol. The highest BCUT2D eigenvalue weighted by Crippen LogP contribution is 2.37. The molecule has 0 aromatic carbocycles. The standard InChI is InChI=1S/C19H19ClFN5O3S/c1-12-10-26(30(28,29)14-3-2-7-25(27)11-14)8-6-15(12)17-18(20)24-19(23-17)16-5-4-13(21)9-22-16/h2-5,7,9,11-12,15H,6,8,10H2,1H3,(H,23,24)/t12-,15+/m0/s1. The van der Waals surface area contributed by atoms with Crippen molar-refractivity contribution in [2.24, 2.45) is 5.92 Å². The molecule has 0 saturated carbocycles. The third kappa shape index (κ3) is 3.90. The first kappa shape index (κ1) is 20.7. The van der Waals surface area contributed by atoms with Crippen LogP contribution in [0.1, 0.15) is 25.0 Å². The van der Waals surface area contributed by atoms with Crippen LogP contribution in [0.25, 0.3) is 11.5 Å². The first-order valence-electron chi connectivity index (χ1n) is 9.32. The quantitative estimate of drug-likeness (QED) is 0.485. The van der Waals surface area contributed by atoms with Crippen LogP contribution in [0.15, 0.2) is 47.8 Å². The van der Waals surface area contributed by atoms with Gasteiger partial charge in [-0.3, -0.25) is 0 Å². The number of aromatic nitrogens is 4. The second-order valence-electron chi connectivity index (χ2n) is 7.29. The summed E-state index contributed by atoms with van der Waals surface area (Å²) >= 11 is 6.35. The molecule has 3 aromatic rings. The average molecular weight is 452 g/mol. The van der Waals surface area contributed by atoms with Crippen molar-refractivity contribution in [3.63, 3.8) is 0 Å². The van der Waals surface area contributed by atoms with Gasteiger partial charge in [0.1, 0.15) is 16.4 Å². The molecule has 4 heterocycles. The highest BCUT2D eigenvalue weighted by Gasteiger charge is 2.36. The molecule has 158 valence electrons. The molecule has 30 heavy (non-hydrogen) atoms. The van der Waals surface area contributed by atoms with E-state index < -0.39 is 15.8 Å². The van der Waals surface area contributed by atoms with Crippen molar-refractivity contribution in [3.05, 3.63) is 64.7 Å². The van der Waals surface area contributed by atoms with E-state index in [2.05, 4.69) is 15.0 Å². The molecule has 0 amide bonds. The number of hydrogen-bond donors (Lipinski definition) is 1. The maximum atomic E-state index is 13.1. The third-order valence-corrected chi connectivity index (χ3v) is 7.42. The second-order valence-corrected chi connectivity index (χ2v) is 9.58. The number of aromatic amines is 1. The first-order chi connectivity index (χ1) is 14.3. The molecule has 1 aliphatic rings. The summed E-state index contributed by atoms with van der Waals surface area (Å²) < 4.78 is 40.8. The zero-order valence-electron chi connectivity index (χ0n) is 16.0. The van der Waals surface area contributed by atoms with Gasteiger partial charge in [-0.1, -0.05) is 18.5 Å². The highest BCUT2D eigenvalue weighted by atomic mass is 35.5. The number of sulfonamides is 1. The third-order valence-electron chi connectivity index (χ3n) is 5.28. The average Bonchev–Trinajstić information content (AvgIpc) is 3.10. The molecular formula is C19H19ClFN5O3S. The Morgan fingerprint density at radius 1 is 1.37 bits per heavy atom. The van der Waals surface area contributed by atoms with Gasteiger partial charge in [-0.25, -0.2) is 22.8 Å². The predicted molar refractivity (Wildman–Crippen MR) is 107 cm³/mol. The lowest BCUT2D eigenvalue weighted by Gasteiger charge is -2.35. The predicted octanol–water partition coefficient (Wildman–Crippen LogP) is 2.71. The molecule has 1 saturated heterocycles. The van der Waals surface area contributed by atoms with Gasteiger partial charge in [-0.15, -0.1) is 0 Å². The Morgan fingerprint density at radius 2 is 2.17 bits per heavy atom. The molecule has 2 atom stereocenters. The van der Waals surface area contributed by atoms with Crippen LogP contribution >= 0.6 is 11.6 Å². The van der Waals surface area contributed by atoms with Gasteiger partial charge < -0.3 is 10.2 Å².